The fourth-order valence-electron chi connectivity index (χ4n) is 5.27. The predicted octanol–water partition coefficient (Wildman–Crippen LogP) is 4.95. The number of carbonyl (C=O) groups is 2. The highest BCUT2D eigenvalue weighted by molar-refractivity contribution is 5.77. The minimum atomic E-state index is -1.07. The van der Waals surface area contributed by atoms with Crippen LogP contribution < -0.4 is 5.32 Å². The number of benzene rings is 2. The summed E-state index contributed by atoms with van der Waals surface area (Å²) < 4.78 is 4.79. The molecule has 0 aromatic heterocycles. The summed E-state index contributed by atoms with van der Waals surface area (Å²) in [6.45, 7) is 7.73. The van der Waals surface area contributed by atoms with Crippen LogP contribution in [0, 0.1) is 19.3 Å². The van der Waals surface area contributed by atoms with E-state index in [9.17, 15) is 9.59 Å². The number of unbranched alkanes of at least 4 members (excludes halogenated alkanes) is 3. The number of likely N-dealkylation sites (tertiary alicyclic amines) is 1. The molecular formula is C31H44N2O4. The minimum absolute atomic E-state index is 0.198. The molecule has 0 spiro atoms. The van der Waals surface area contributed by atoms with Crippen LogP contribution in [0.25, 0.3) is 0 Å². The summed E-state index contributed by atoms with van der Waals surface area (Å²) >= 11 is 0. The van der Waals surface area contributed by atoms with Crippen molar-refractivity contribution in [3.63, 3.8) is 0 Å². The summed E-state index contributed by atoms with van der Waals surface area (Å²) in [4.78, 5) is 24.6. The molecule has 1 saturated heterocycles. The Morgan fingerprint density at radius 2 is 1.38 bits per heavy atom. The van der Waals surface area contributed by atoms with Crippen LogP contribution in [0.4, 0.5) is 0 Å². The first-order valence-electron chi connectivity index (χ1n) is 13.7. The van der Waals surface area contributed by atoms with Crippen molar-refractivity contribution in [2.75, 3.05) is 39.4 Å². The number of hydrogen-bond donors (Lipinski definition) is 2. The average Bonchev–Trinajstić information content (AvgIpc) is 2.87. The van der Waals surface area contributed by atoms with Gasteiger partial charge in [0.1, 0.15) is 13.2 Å². The van der Waals surface area contributed by atoms with Crippen molar-refractivity contribution in [1.29, 1.82) is 0 Å². The van der Waals surface area contributed by atoms with E-state index in [0.29, 0.717) is 12.0 Å². The molecule has 0 aliphatic carbocycles. The zero-order valence-corrected chi connectivity index (χ0v) is 22.6. The average molecular weight is 509 g/mol. The Morgan fingerprint density at radius 1 is 0.838 bits per heavy atom. The summed E-state index contributed by atoms with van der Waals surface area (Å²) in [5, 5.41) is 11.3. The number of carboxylic acids is 1. The Labute approximate surface area is 222 Å². The second kappa shape index (κ2) is 14.9. The Hall–Kier alpha value is -2.70. The van der Waals surface area contributed by atoms with Crippen LogP contribution in [0.5, 0.6) is 0 Å². The zero-order valence-electron chi connectivity index (χ0n) is 22.6. The molecule has 202 valence electrons. The molecule has 2 aromatic carbocycles. The number of carbonyl (C=O) groups excluding carboxylic acids is 1. The summed E-state index contributed by atoms with van der Waals surface area (Å²) in [7, 11) is 0. The molecule has 2 aromatic rings. The molecule has 1 heterocycles. The largest absolute Gasteiger partial charge is 0.480 e. The highest BCUT2D eigenvalue weighted by Gasteiger charge is 2.34. The van der Waals surface area contributed by atoms with E-state index >= 15 is 0 Å². The normalized spacial score (nSPS) is 15.4. The SMILES string of the molecule is Cc1ccc(CC2(Cc3ccc(C)cc3)CCN(CCCCCCNC(=O)COCC(=O)O)CC2)cc1. The molecule has 6 heteroatoms. The first-order valence-corrected chi connectivity index (χ1v) is 13.7. The van der Waals surface area contributed by atoms with Crippen molar-refractivity contribution in [2.24, 2.45) is 5.41 Å². The molecule has 37 heavy (non-hydrogen) atoms. The van der Waals surface area contributed by atoms with Gasteiger partial charge in [-0.1, -0.05) is 72.5 Å². The first-order chi connectivity index (χ1) is 17.8. The summed E-state index contributed by atoms with van der Waals surface area (Å²) in [5.74, 6) is -1.32. The lowest BCUT2D eigenvalue weighted by Crippen LogP contribution is -2.42. The topological polar surface area (TPSA) is 78.9 Å². The number of ether oxygens (including phenoxy) is 1. The number of amides is 1. The van der Waals surface area contributed by atoms with Gasteiger partial charge in [0, 0.05) is 6.54 Å². The van der Waals surface area contributed by atoms with Crippen molar-refractivity contribution in [3.05, 3.63) is 70.8 Å². The van der Waals surface area contributed by atoms with E-state index in [4.69, 9.17) is 9.84 Å². The number of nitrogens with zero attached hydrogens (tertiary/aromatic N) is 1. The number of hydrogen-bond acceptors (Lipinski definition) is 4. The third kappa shape index (κ3) is 10.7. The molecule has 1 amide bonds. The van der Waals surface area contributed by atoms with Crippen LogP contribution in [0.15, 0.2) is 48.5 Å². The Bertz CT molecular complexity index is 914. The zero-order chi connectivity index (χ0) is 26.5. The second-order valence-corrected chi connectivity index (χ2v) is 10.8. The maximum absolute atomic E-state index is 11.6. The summed E-state index contributed by atoms with van der Waals surface area (Å²) in [6.07, 6.45) is 9.08. The third-order valence-corrected chi connectivity index (χ3v) is 7.50. The summed E-state index contributed by atoms with van der Waals surface area (Å²) in [5.41, 5.74) is 5.85. The van der Waals surface area contributed by atoms with Crippen LogP contribution in [0.3, 0.4) is 0 Å². The Balaban J connectivity index is 1.38. The molecule has 1 fully saturated rings. The van der Waals surface area contributed by atoms with E-state index in [1.807, 2.05) is 0 Å². The predicted molar refractivity (Wildman–Crippen MR) is 148 cm³/mol. The van der Waals surface area contributed by atoms with Crippen molar-refractivity contribution in [1.82, 2.24) is 10.2 Å². The van der Waals surface area contributed by atoms with E-state index in [2.05, 4.69) is 72.6 Å². The van der Waals surface area contributed by atoms with Gasteiger partial charge in [-0.2, -0.15) is 0 Å². The second-order valence-electron chi connectivity index (χ2n) is 10.8. The standard InChI is InChI=1S/C31H44N2O4/c1-25-7-11-27(12-8-25)21-31(22-28-13-9-26(2)10-14-28)15-19-33(20-16-31)18-6-4-3-5-17-32-29(34)23-37-24-30(35)36/h7-14H,3-6,15-24H2,1-2H3,(H,32,34)(H,35,36). The van der Waals surface area contributed by atoms with Gasteiger partial charge in [0.05, 0.1) is 0 Å². The first kappa shape index (κ1) is 28.9. The molecule has 0 bridgehead atoms. The number of nitrogens with one attached hydrogen (secondary N) is 1. The number of carboxylic acid groups (broad SMARTS) is 1. The van der Waals surface area contributed by atoms with Crippen LogP contribution in [-0.2, 0) is 27.2 Å². The van der Waals surface area contributed by atoms with Gasteiger partial charge in [-0.05, 0) is 88.5 Å². The van der Waals surface area contributed by atoms with Gasteiger partial charge in [-0.3, -0.25) is 4.79 Å². The van der Waals surface area contributed by atoms with Crippen LogP contribution in [-0.4, -0.2) is 61.3 Å². The fraction of sp³-hybridized carbons (Fsp3) is 0.548. The van der Waals surface area contributed by atoms with Gasteiger partial charge < -0.3 is 20.1 Å². The van der Waals surface area contributed by atoms with E-state index in [-0.39, 0.29) is 12.5 Å². The number of rotatable bonds is 15. The van der Waals surface area contributed by atoms with Gasteiger partial charge in [-0.25, -0.2) is 4.79 Å². The molecule has 1 aliphatic heterocycles. The van der Waals surface area contributed by atoms with Gasteiger partial charge in [0.2, 0.25) is 5.91 Å². The molecule has 2 N–H and O–H groups in total. The van der Waals surface area contributed by atoms with E-state index in [1.54, 1.807) is 0 Å². The quantitative estimate of drug-likeness (QED) is 0.333. The van der Waals surface area contributed by atoms with Crippen LogP contribution >= 0.6 is 0 Å². The lowest BCUT2D eigenvalue weighted by Gasteiger charge is -2.42. The lowest BCUT2D eigenvalue weighted by molar-refractivity contribution is -0.143. The van der Waals surface area contributed by atoms with Gasteiger partial charge in [-0.15, -0.1) is 0 Å². The number of piperidine rings is 1. The van der Waals surface area contributed by atoms with Crippen LogP contribution in [0.2, 0.25) is 0 Å². The molecular weight excluding hydrogens is 464 g/mol. The molecule has 1 aliphatic rings. The van der Waals surface area contributed by atoms with Gasteiger partial charge in [0.25, 0.3) is 0 Å². The molecule has 0 unspecified atom stereocenters. The number of aliphatic carboxylic acids is 1. The third-order valence-electron chi connectivity index (χ3n) is 7.50. The van der Waals surface area contributed by atoms with Crippen molar-refractivity contribution in [2.45, 2.75) is 65.2 Å². The Kier molecular flexibility index (Phi) is 11.6. The molecule has 0 atom stereocenters. The maximum atomic E-state index is 11.6. The lowest BCUT2D eigenvalue weighted by atomic mass is 9.70. The monoisotopic (exact) mass is 508 g/mol. The summed E-state index contributed by atoms with van der Waals surface area (Å²) in [6, 6.07) is 18.2. The smallest absolute Gasteiger partial charge is 0.329 e. The van der Waals surface area contributed by atoms with Crippen molar-refractivity contribution in [3.8, 4) is 0 Å². The highest BCUT2D eigenvalue weighted by Crippen LogP contribution is 2.39. The minimum Gasteiger partial charge on any atom is -0.480 e. The number of aryl methyl sites for hydroxylation is 2. The molecule has 3 rings (SSSR count). The molecule has 0 saturated carbocycles. The van der Waals surface area contributed by atoms with Gasteiger partial charge >= 0.3 is 5.97 Å². The molecule has 6 nitrogen and oxygen atoms in total. The maximum Gasteiger partial charge on any atom is 0.329 e. The Morgan fingerprint density at radius 3 is 1.92 bits per heavy atom. The van der Waals surface area contributed by atoms with E-state index in [1.165, 1.54) is 41.5 Å². The van der Waals surface area contributed by atoms with E-state index in [0.717, 1.165) is 51.7 Å². The van der Waals surface area contributed by atoms with Crippen molar-refractivity contribution < 1.29 is 19.4 Å². The molecule has 0 radical (unpaired) electrons. The van der Waals surface area contributed by atoms with Crippen molar-refractivity contribution >= 4 is 11.9 Å². The van der Waals surface area contributed by atoms with Crippen LogP contribution in [0.1, 0.15) is 60.8 Å². The highest BCUT2D eigenvalue weighted by atomic mass is 16.5. The van der Waals surface area contributed by atoms with Gasteiger partial charge in [0.15, 0.2) is 0 Å². The fourth-order valence-corrected chi connectivity index (χ4v) is 5.27. The van der Waals surface area contributed by atoms with E-state index < -0.39 is 12.6 Å².